The Hall–Kier alpha value is -2.67. The van der Waals surface area contributed by atoms with Crippen LogP contribution in [0.4, 0.5) is 0 Å². The number of carbonyl (C=O) groups is 1. The number of nitrogens with zero attached hydrogens (tertiary/aromatic N) is 3. The number of methoxy groups -OCH3 is 1. The van der Waals surface area contributed by atoms with Crippen LogP contribution in [-0.4, -0.2) is 34.6 Å². The molecule has 1 aliphatic rings. The second-order valence-corrected chi connectivity index (χ2v) is 7.78. The Morgan fingerprint density at radius 2 is 2.04 bits per heavy atom. The third kappa shape index (κ3) is 3.67. The number of hydrogen-bond donors (Lipinski definition) is 0. The van der Waals surface area contributed by atoms with Crippen molar-refractivity contribution in [2.75, 3.05) is 13.7 Å². The number of likely N-dealkylation sites (tertiary alicyclic amines) is 1. The lowest BCUT2D eigenvalue weighted by Crippen LogP contribution is -2.28. The maximum atomic E-state index is 12.6. The first-order valence-corrected chi connectivity index (χ1v) is 9.87. The van der Waals surface area contributed by atoms with Crippen molar-refractivity contribution in [2.45, 2.75) is 25.3 Å². The topological polar surface area (TPSA) is 68.5 Å². The number of carbonyl (C=O) groups excluding carboxylic acids is 1. The smallest absolute Gasteiger partial charge is 0.232 e. The number of benzene rings is 2. The van der Waals surface area contributed by atoms with E-state index in [9.17, 15) is 4.79 Å². The van der Waals surface area contributed by atoms with Crippen molar-refractivity contribution in [3.05, 3.63) is 64.5 Å². The third-order valence-electron chi connectivity index (χ3n) is 5.10. The molecule has 2 aromatic carbocycles. The maximum Gasteiger partial charge on any atom is 0.232 e. The highest BCUT2D eigenvalue weighted by Crippen LogP contribution is 2.34. The zero-order valence-corrected chi connectivity index (χ0v) is 17.2. The fraction of sp³-hybridized carbons (Fsp3) is 0.286. The lowest BCUT2D eigenvalue weighted by Gasteiger charge is -2.25. The van der Waals surface area contributed by atoms with Gasteiger partial charge in [-0.05, 0) is 36.8 Å². The van der Waals surface area contributed by atoms with Crippen LogP contribution in [0.5, 0.6) is 5.75 Å². The fourth-order valence-corrected chi connectivity index (χ4v) is 3.88. The molecule has 28 heavy (non-hydrogen) atoms. The summed E-state index contributed by atoms with van der Waals surface area (Å²) < 4.78 is 11.6. The summed E-state index contributed by atoms with van der Waals surface area (Å²) in [5.74, 6) is 1.84. The highest BCUT2D eigenvalue weighted by Gasteiger charge is 2.37. The first-order valence-electron chi connectivity index (χ1n) is 9.08. The van der Waals surface area contributed by atoms with Gasteiger partial charge in [-0.15, -0.1) is 0 Å². The molecule has 1 fully saturated rings. The van der Waals surface area contributed by atoms with Gasteiger partial charge >= 0.3 is 0 Å². The average Bonchev–Trinajstić information content (AvgIpc) is 3.34. The van der Waals surface area contributed by atoms with Crippen LogP contribution in [0, 0.1) is 0 Å². The summed E-state index contributed by atoms with van der Waals surface area (Å²) in [6, 6.07) is 15.5. The molecule has 2 unspecified atom stereocenters. The molecule has 2 heterocycles. The molecule has 1 aromatic heterocycles. The molecule has 6 nitrogen and oxygen atoms in total. The molecule has 0 bridgehead atoms. The largest absolute Gasteiger partial charge is 0.497 e. The van der Waals surface area contributed by atoms with Crippen LogP contribution in [0.2, 0.25) is 0 Å². The zero-order valence-electron chi connectivity index (χ0n) is 15.6. The summed E-state index contributed by atoms with van der Waals surface area (Å²) in [7, 11) is 1.64. The molecular formula is C21H20BrN3O3. The summed E-state index contributed by atoms with van der Waals surface area (Å²) in [5, 5.41) is 4.09. The van der Waals surface area contributed by atoms with Crippen LogP contribution in [-0.2, 0) is 4.79 Å². The fourth-order valence-electron chi connectivity index (χ4n) is 3.48. The van der Waals surface area contributed by atoms with E-state index in [1.807, 2.05) is 60.4 Å². The van der Waals surface area contributed by atoms with E-state index in [2.05, 4.69) is 26.1 Å². The van der Waals surface area contributed by atoms with E-state index in [1.165, 1.54) is 0 Å². The van der Waals surface area contributed by atoms with Gasteiger partial charge in [-0.3, -0.25) is 4.79 Å². The number of amides is 1. The molecule has 7 heteroatoms. The van der Waals surface area contributed by atoms with Gasteiger partial charge in [0.15, 0.2) is 0 Å². The van der Waals surface area contributed by atoms with Crippen LogP contribution in [0.1, 0.15) is 36.8 Å². The van der Waals surface area contributed by atoms with Gasteiger partial charge in [-0.2, -0.15) is 4.98 Å². The molecular weight excluding hydrogens is 422 g/mol. The van der Waals surface area contributed by atoms with Crippen LogP contribution in [0.15, 0.2) is 57.5 Å². The minimum Gasteiger partial charge on any atom is -0.497 e. The van der Waals surface area contributed by atoms with Crippen LogP contribution < -0.4 is 4.74 Å². The highest BCUT2D eigenvalue weighted by molar-refractivity contribution is 9.10. The molecule has 0 N–H and O–H groups in total. The van der Waals surface area contributed by atoms with E-state index in [4.69, 9.17) is 9.26 Å². The molecule has 1 amide bonds. The van der Waals surface area contributed by atoms with E-state index < -0.39 is 0 Å². The zero-order chi connectivity index (χ0) is 19.7. The lowest BCUT2D eigenvalue weighted by atomic mass is 10.1. The number of ether oxygens (including phenoxy) is 1. The minimum absolute atomic E-state index is 0.0316. The predicted octanol–water partition coefficient (Wildman–Crippen LogP) is 4.58. The Morgan fingerprint density at radius 3 is 2.75 bits per heavy atom. The SMILES string of the molecule is COc1ccc(C(C)N2CC(c3nc(-c4cccc(Br)c4)no3)CC2=O)cc1. The summed E-state index contributed by atoms with van der Waals surface area (Å²) in [4.78, 5) is 19.0. The highest BCUT2D eigenvalue weighted by atomic mass is 79.9. The number of rotatable bonds is 5. The number of aromatic nitrogens is 2. The number of halogens is 1. The van der Waals surface area contributed by atoms with Crippen molar-refractivity contribution in [2.24, 2.45) is 0 Å². The van der Waals surface area contributed by atoms with Crippen LogP contribution in [0.25, 0.3) is 11.4 Å². The summed E-state index contributed by atoms with van der Waals surface area (Å²) in [5.41, 5.74) is 1.94. The standard InChI is InChI=1S/C21H20BrN3O3/c1-13(14-6-8-18(27-2)9-7-14)25-12-16(11-19(25)26)21-23-20(24-28-21)15-4-3-5-17(22)10-15/h3-10,13,16H,11-12H2,1-2H3. The maximum absolute atomic E-state index is 12.6. The second kappa shape index (κ2) is 7.75. The Labute approximate surface area is 171 Å². The van der Waals surface area contributed by atoms with E-state index in [-0.39, 0.29) is 17.9 Å². The Balaban J connectivity index is 1.50. The van der Waals surface area contributed by atoms with Gasteiger partial charge in [-0.1, -0.05) is 45.4 Å². The minimum atomic E-state index is -0.0957. The molecule has 0 spiro atoms. The first kappa shape index (κ1) is 18.7. The second-order valence-electron chi connectivity index (χ2n) is 6.86. The predicted molar refractivity (Wildman–Crippen MR) is 108 cm³/mol. The van der Waals surface area contributed by atoms with Gasteiger partial charge in [-0.25, -0.2) is 0 Å². The molecule has 144 valence electrons. The molecule has 1 aliphatic heterocycles. The normalized spacial score (nSPS) is 17.8. The van der Waals surface area contributed by atoms with Crippen molar-refractivity contribution in [1.29, 1.82) is 0 Å². The molecule has 0 radical (unpaired) electrons. The van der Waals surface area contributed by atoms with Crippen molar-refractivity contribution < 1.29 is 14.1 Å². The van der Waals surface area contributed by atoms with E-state index in [0.29, 0.717) is 24.7 Å². The van der Waals surface area contributed by atoms with Crippen LogP contribution >= 0.6 is 15.9 Å². The quantitative estimate of drug-likeness (QED) is 0.579. The lowest BCUT2D eigenvalue weighted by molar-refractivity contribution is -0.129. The Morgan fingerprint density at radius 1 is 1.25 bits per heavy atom. The molecule has 2 atom stereocenters. The summed E-state index contributed by atoms with van der Waals surface area (Å²) >= 11 is 3.45. The van der Waals surface area contributed by atoms with Gasteiger partial charge < -0.3 is 14.2 Å². The molecule has 0 aliphatic carbocycles. The summed E-state index contributed by atoms with van der Waals surface area (Å²) in [6.45, 7) is 2.59. The van der Waals surface area contributed by atoms with Crippen molar-refractivity contribution in [1.82, 2.24) is 15.0 Å². The van der Waals surface area contributed by atoms with Crippen molar-refractivity contribution in [3.63, 3.8) is 0 Å². The van der Waals surface area contributed by atoms with E-state index in [1.54, 1.807) is 7.11 Å². The Kier molecular flexibility index (Phi) is 5.17. The van der Waals surface area contributed by atoms with Gasteiger partial charge in [0.2, 0.25) is 17.6 Å². The van der Waals surface area contributed by atoms with E-state index in [0.717, 1.165) is 21.3 Å². The van der Waals surface area contributed by atoms with Gasteiger partial charge in [0.05, 0.1) is 19.1 Å². The van der Waals surface area contributed by atoms with Crippen molar-refractivity contribution in [3.8, 4) is 17.1 Å². The van der Waals surface area contributed by atoms with Gasteiger partial charge in [0.25, 0.3) is 0 Å². The van der Waals surface area contributed by atoms with E-state index >= 15 is 0 Å². The Bertz CT molecular complexity index is 987. The molecule has 1 saturated heterocycles. The van der Waals surface area contributed by atoms with Gasteiger partial charge in [0.1, 0.15) is 5.75 Å². The molecule has 3 aromatic rings. The van der Waals surface area contributed by atoms with Gasteiger partial charge in [0, 0.05) is 23.0 Å². The monoisotopic (exact) mass is 441 g/mol. The molecule has 0 saturated carbocycles. The first-order chi connectivity index (χ1) is 13.5. The van der Waals surface area contributed by atoms with Crippen LogP contribution in [0.3, 0.4) is 0 Å². The van der Waals surface area contributed by atoms with Crippen molar-refractivity contribution >= 4 is 21.8 Å². The average molecular weight is 442 g/mol. The summed E-state index contributed by atoms with van der Waals surface area (Å²) in [6.07, 6.45) is 0.376. The number of hydrogen-bond acceptors (Lipinski definition) is 5. The molecule has 4 rings (SSSR count). The third-order valence-corrected chi connectivity index (χ3v) is 5.59.